The van der Waals surface area contributed by atoms with E-state index in [4.69, 9.17) is 23.2 Å². The quantitative estimate of drug-likeness (QED) is 0.718. The smallest absolute Gasteiger partial charge is 0.0454 e. The molecule has 1 atom stereocenters. The Hall–Kier alpha value is -0.240. The first-order valence-corrected chi connectivity index (χ1v) is 8.66. The maximum absolute atomic E-state index is 6.42. The lowest BCUT2D eigenvalue weighted by molar-refractivity contribution is 0.291. The van der Waals surface area contributed by atoms with Crippen LogP contribution in [0.3, 0.4) is 0 Å². The van der Waals surface area contributed by atoms with Gasteiger partial charge in [0.15, 0.2) is 0 Å². The van der Waals surface area contributed by atoms with Crippen molar-refractivity contribution in [2.24, 2.45) is 5.92 Å². The summed E-state index contributed by atoms with van der Waals surface area (Å²) in [6.45, 7) is 3.12. The van der Waals surface area contributed by atoms with Gasteiger partial charge in [-0.2, -0.15) is 0 Å². The highest BCUT2D eigenvalue weighted by atomic mass is 35.5. The van der Waals surface area contributed by atoms with E-state index in [0.717, 1.165) is 16.6 Å². The molecule has 1 aromatic rings. The third-order valence-corrected chi connectivity index (χ3v) is 4.92. The fraction of sp³-hybridized carbons (Fsp3) is 0.647. The van der Waals surface area contributed by atoms with Gasteiger partial charge >= 0.3 is 0 Å². The summed E-state index contributed by atoms with van der Waals surface area (Å²) in [4.78, 5) is 0. The summed E-state index contributed by atoms with van der Waals surface area (Å²) in [5.41, 5.74) is 1.17. The zero-order valence-corrected chi connectivity index (χ0v) is 13.8. The van der Waals surface area contributed by atoms with E-state index in [-0.39, 0.29) is 0 Å². The first-order chi connectivity index (χ1) is 9.72. The van der Waals surface area contributed by atoms with E-state index >= 15 is 0 Å². The van der Waals surface area contributed by atoms with Gasteiger partial charge in [0, 0.05) is 16.1 Å². The van der Waals surface area contributed by atoms with Gasteiger partial charge in [-0.05, 0) is 49.1 Å². The van der Waals surface area contributed by atoms with E-state index in [1.807, 2.05) is 18.2 Å². The van der Waals surface area contributed by atoms with Gasteiger partial charge in [-0.1, -0.05) is 62.2 Å². The molecule has 20 heavy (non-hydrogen) atoms. The molecule has 0 aromatic heterocycles. The summed E-state index contributed by atoms with van der Waals surface area (Å²) in [5.74, 6) is 0.672. The number of benzene rings is 1. The van der Waals surface area contributed by atoms with Crippen LogP contribution in [0, 0.1) is 5.92 Å². The minimum Gasteiger partial charge on any atom is -0.310 e. The van der Waals surface area contributed by atoms with Crippen molar-refractivity contribution in [2.45, 2.75) is 57.9 Å². The molecule has 0 bridgehead atoms. The van der Waals surface area contributed by atoms with E-state index in [9.17, 15) is 0 Å². The molecule has 112 valence electrons. The zero-order valence-electron chi connectivity index (χ0n) is 12.3. The van der Waals surface area contributed by atoms with Gasteiger partial charge in [0.25, 0.3) is 0 Å². The molecule has 1 aromatic carbocycles. The minimum atomic E-state index is 0.337. The van der Waals surface area contributed by atoms with Crippen molar-refractivity contribution in [1.29, 1.82) is 0 Å². The van der Waals surface area contributed by atoms with Gasteiger partial charge in [0.2, 0.25) is 0 Å². The highest BCUT2D eigenvalue weighted by molar-refractivity contribution is 6.33. The van der Waals surface area contributed by atoms with Crippen LogP contribution in [0.2, 0.25) is 10.0 Å². The number of nitrogens with one attached hydrogen (secondary N) is 1. The normalized spacial score (nSPS) is 19.4. The van der Waals surface area contributed by atoms with Crippen LogP contribution in [0.25, 0.3) is 0 Å². The van der Waals surface area contributed by atoms with E-state index in [0.29, 0.717) is 12.0 Å². The molecule has 0 radical (unpaired) electrons. The molecular formula is C17H25Cl2N. The fourth-order valence-corrected chi connectivity index (χ4v) is 3.74. The van der Waals surface area contributed by atoms with Gasteiger partial charge in [0.05, 0.1) is 0 Å². The number of hydrogen-bond acceptors (Lipinski definition) is 1. The Morgan fingerprint density at radius 1 is 1.10 bits per heavy atom. The standard InChI is InChI=1S/C17H25Cl2N/c1-2-20-17(13-8-6-4-3-5-7-9-13)15-12-14(18)10-11-16(15)19/h10-13,17,20H,2-9H2,1H3. The van der Waals surface area contributed by atoms with Crippen molar-refractivity contribution in [3.63, 3.8) is 0 Å². The Balaban J connectivity index is 2.21. The predicted molar refractivity (Wildman–Crippen MR) is 88.7 cm³/mol. The first-order valence-electron chi connectivity index (χ1n) is 7.90. The average molecular weight is 314 g/mol. The predicted octanol–water partition coefficient (Wildman–Crippen LogP) is 6.00. The monoisotopic (exact) mass is 313 g/mol. The van der Waals surface area contributed by atoms with Crippen LogP contribution in [0.4, 0.5) is 0 Å². The van der Waals surface area contributed by atoms with Gasteiger partial charge in [-0.3, -0.25) is 0 Å². The van der Waals surface area contributed by atoms with E-state index in [2.05, 4.69) is 12.2 Å². The van der Waals surface area contributed by atoms with Gasteiger partial charge in [-0.25, -0.2) is 0 Å². The second-order valence-corrected chi connectivity index (χ2v) is 6.65. The zero-order chi connectivity index (χ0) is 14.4. The molecule has 2 rings (SSSR count). The molecule has 1 saturated carbocycles. The van der Waals surface area contributed by atoms with Crippen molar-refractivity contribution in [2.75, 3.05) is 6.54 Å². The van der Waals surface area contributed by atoms with E-state index in [1.165, 1.54) is 50.5 Å². The lowest BCUT2D eigenvalue weighted by Crippen LogP contribution is -2.29. The molecule has 0 saturated heterocycles. The molecule has 1 aliphatic rings. The number of halogens is 2. The number of hydrogen-bond donors (Lipinski definition) is 1. The maximum atomic E-state index is 6.42. The summed E-state index contributed by atoms with van der Waals surface area (Å²) >= 11 is 12.6. The summed E-state index contributed by atoms with van der Waals surface area (Å²) in [6.07, 6.45) is 9.41. The van der Waals surface area contributed by atoms with Gasteiger partial charge in [0.1, 0.15) is 0 Å². The lowest BCUT2D eigenvalue weighted by atomic mass is 9.83. The largest absolute Gasteiger partial charge is 0.310 e. The van der Waals surface area contributed by atoms with Crippen molar-refractivity contribution in [3.8, 4) is 0 Å². The van der Waals surface area contributed by atoms with Crippen LogP contribution >= 0.6 is 23.2 Å². The molecule has 0 aliphatic heterocycles. The maximum Gasteiger partial charge on any atom is 0.0454 e. The summed E-state index contributed by atoms with van der Waals surface area (Å²) in [7, 11) is 0. The van der Waals surface area contributed by atoms with E-state index < -0.39 is 0 Å². The highest BCUT2D eigenvalue weighted by Gasteiger charge is 2.24. The molecule has 1 N–H and O–H groups in total. The summed E-state index contributed by atoms with van der Waals surface area (Å²) in [6, 6.07) is 6.17. The Bertz CT molecular complexity index is 411. The molecule has 1 aliphatic carbocycles. The topological polar surface area (TPSA) is 12.0 Å². The van der Waals surface area contributed by atoms with Crippen LogP contribution in [-0.4, -0.2) is 6.54 Å². The highest BCUT2D eigenvalue weighted by Crippen LogP contribution is 2.36. The molecule has 0 spiro atoms. The average Bonchev–Trinajstić information content (AvgIpc) is 2.40. The number of rotatable bonds is 4. The van der Waals surface area contributed by atoms with E-state index in [1.54, 1.807) is 0 Å². The van der Waals surface area contributed by atoms with Crippen LogP contribution in [0.5, 0.6) is 0 Å². The van der Waals surface area contributed by atoms with Crippen molar-refractivity contribution >= 4 is 23.2 Å². The van der Waals surface area contributed by atoms with Crippen LogP contribution < -0.4 is 5.32 Å². The van der Waals surface area contributed by atoms with Crippen LogP contribution in [0.1, 0.15) is 63.5 Å². The molecule has 0 heterocycles. The first kappa shape index (κ1) is 16.1. The van der Waals surface area contributed by atoms with Gasteiger partial charge in [-0.15, -0.1) is 0 Å². The Morgan fingerprint density at radius 2 is 1.75 bits per heavy atom. The van der Waals surface area contributed by atoms with Crippen molar-refractivity contribution in [1.82, 2.24) is 5.32 Å². The minimum absolute atomic E-state index is 0.337. The Labute approximate surface area is 133 Å². The summed E-state index contributed by atoms with van der Waals surface area (Å²) in [5, 5.41) is 5.25. The molecule has 0 amide bonds. The second kappa shape index (κ2) is 8.26. The van der Waals surface area contributed by atoms with Crippen molar-refractivity contribution in [3.05, 3.63) is 33.8 Å². The Morgan fingerprint density at radius 3 is 2.40 bits per heavy atom. The van der Waals surface area contributed by atoms with Crippen LogP contribution in [0.15, 0.2) is 18.2 Å². The van der Waals surface area contributed by atoms with Crippen molar-refractivity contribution < 1.29 is 0 Å². The molecule has 3 heteroatoms. The fourth-order valence-electron chi connectivity index (χ4n) is 3.32. The second-order valence-electron chi connectivity index (χ2n) is 5.81. The van der Waals surface area contributed by atoms with Gasteiger partial charge < -0.3 is 5.32 Å². The lowest BCUT2D eigenvalue weighted by Gasteiger charge is -2.30. The molecule has 1 fully saturated rings. The molecular weight excluding hydrogens is 289 g/mol. The third-order valence-electron chi connectivity index (χ3n) is 4.34. The molecule has 1 unspecified atom stereocenters. The summed E-state index contributed by atoms with van der Waals surface area (Å²) < 4.78 is 0. The third kappa shape index (κ3) is 4.38. The SMILES string of the molecule is CCNC(c1cc(Cl)ccc1Cl)C1CCCCCCC1. The molecule has 1 nitrogen and oxygen atoms in total. The van der Waals surface area contributed by atoms with Crippen LogP contribution in [-0.2, 0) is 0 Å². The Kier molecular flexibility index (Phi) is 6.67.